The number of nitrogens with one attached hydrogen (secondary N) is 1. The van der Waals surface area contributed by atoms with E-state index in [4.69, 9.17) is 4.74 Å². The van der Waals surface area contributed by atoms with Crippen molar-refractivity contribution in [1.82, 2.24) is 4.98 Å². The van der Waals surface area contributed by atoms with E-state index in [1.54, 1.807) is 11.3 Å². The van der Waals surface area contributed by atoms with Crippen molar-refractivity contribution in [2.75, 3.05) is 18.5 Å². The summed E-state index contributed by atoms with van der Waals surface area (Å²) >= 11 is 1.71. The predicted molar refractivity (Wildman–Crippen MR) is 79.3 cm³/mol. The molecule has 0 fully saturated rings. The maximum absolute atomic E-state index is 5.95. The average Bonchev–Trinajstić information content (AvgIpc) is 2.85. The van der Waals surface area contributed by atoms with E-state index < -0.39 is 0 Å². The molecule has 0 unspecified atom stereocenters. The third-order valence-corrected chi connectivity index (χ3v) is 4.46. The van der Waals surface area contributed by atoms with Gasteiger partial charge in [0.2, 0.25) is 0 Å². The zero-order chi connectivity index (χ0) is 13.1. The van der Waals surface area contributed by atoms with Gasteiger partial charge in [0.05, 0.1) is 23.5 Å². The van der Waals surface area contributed by atoms with Crippen LogP contribution in [0.3, 0.4) is 0 Å². The van der Waals surface area contributed by atoms with Gasteiger partial charge in [0, 0.05) is 17.8 Å². The van der Waals surface area contributed by atoms with Gasteiger partial charge < -0.3 is 10.1 Å². The van der Waals surface area contributed by atoms with E-state index in [-0.39, 0.29) is 0 Å². The number of anilines is 1. The number of rotatable bonds is 4. The predicted octanol–water partition coefficient (Wildman–Crippen LogP) is 3.43. The van der Waals surface area contributed by atoms with Gasteiger partial charge in [-0.05, 0) is 31.4 Å². The van der Waals surface area contributed by atoms with Crippen LogP contribution >= 0.6 is 11.3 Å². The Balaban J connectivity index is 1.66. The molecule has 2 heterocycles. The number of fused-ring (bicyclic) bond motifs is 1. The van der Waals surface area contributed by atoms with Gasteiger partial charge in [-0.25, -0.2) is 4.98 Å². The van der Waals surface area contributed by atoms with Crippen molar-refractivity contribution in [3.8, 4) is 5.75 Å². The van der Waals surface area contributed by atoms with Crippen LogP contribution < -0.4 is 10.1 Å². The van der Waals surface area contributed by atoms with Gasteiger partial charge in [-0.15, -0.1) is 11.3 Å². The van der Waals surface area contributed by atoms with Crippen molar-refractivity contribution in [1.29, 1.82) is 0 Å². The topological polar surface area (TPSA) is 34.1 Å². The Morgan fingerprint density at radius 1 is 1.42 bits per heavy atom. The van der Waals surface area contributed by atoms with E-state index >= 15 is 0 Å². The summed E-state index contributed by atoms with van der Waals surface area (Å²) in [4.78, 5) is 5.58. The highest BCUT2D eigenvalue weighted by Gasteiger charge is 2.13. The normalized spacial score (nSPS) is 13.7. The average molecular weight is 274 g/mol. The first kappa shape index (κ1) is 12.5. The molecule has 1 aromatic carbocycles. The lowest BCUT2D eigenvalue weighted by molar-refractivity contribution is 0.323. The molecule has 1 aliphatic rings. The van der Waals surface area contributed by atoms with Gasteiger partial charge in [-0.2, -0.15) is 0 Å². The zero-order valence-corrected chi connectivity index (χ0v) is 11.9. The molecule has 3 nitrogen and oxygen atoms in total. The van der Waals surface area contributed by atoms with Gasteiger partial charge in [-0.1, -0.05) is 12.1 Å². The lowest BCUT2D eigenvalue weighted by Gasteiger charge is -2.21. The molecule has 2 aromatic rings. The summed E-state index contributed by atoms with van der Waals surface area (Å²) in [5.74, 6) is 0.986. The summed E-state index contributed by atoms with van der Waals surface area (Å²) < 4.78 is 5.95. The summed E-state index contributed by atoms with van der Waals surface area (Å²) in [6.45, 7) is 3.81. The molecular formula is C15H18N2OS. The molecule has 19 heavy (non-hydrogen) atoms. The van der Waals surface area contributed by atoms with E-state index in [9.17, 15) is 0 Å². The number of hydrogen-bond acceptors (Lipinski definition) is 4. The Labute approximate surface area is 117 Å². The summed E-state index contributed by atoms with van der Waals surface area (Å²) in [6, 6.07) is 6.32. The number of hydrogen-bond donors (Lipinski definition) is 1. The van der Waals surface area contributed by atoms with Crippen molar-refractivity contribution in [2.45, 2.75) is 26.2 Å². The number of aromatic nitrogens is 1. The van der Waals surface area contributed by atoms with E-state index in [1.165, 1.54) is 22.5 Å². The largest absolute Gasteiger partial charge is 0.491 e. The van der Waals surface area contributed by atoms with Crippen molar-refractivity contribution in [3.63, 3.8) is 0 Å². The Hall–Kier alpha value is -1.55. The smallest absolute Gasteiger partial charge is 0.142 e. The van der Waals surface area contributed by atoms with Crippen LogP contribution in [-0.4, -0.2) is 18.1 Å². The van der Waals surface area contributed by atoms with Crippen LogP contribution in [0.1, 0.15) is 22.6 Å². The minimum Gasteiger partial charge on any atom is -0.491 e. The lowest BCUT2D eigenvalue weighted by Crippen LogP contribution is -2.13. The molecule has 0 saturated heterocycles. The first-order valence-corrected chi connectivity index (χ1v) is 7.60. The SMILES string of the molecule is Cc1ncsc1CCOc1cccc2c1NCCC2. The van der Waals surface area contributed by atoms with Crippen molar-refractivity contribution < 1.29 is 4.74 Å². The number of para-hydroxylation sites is 1. The van der Waals surface area contributed by atoms with Crippen LogP contribution in [0.5, 0.6) is 5.75 Å². The Morgan fingerprint density at radius 2 is 2.37 bits per heavy atom. The van der Waals surface area contributed by atoms with Gasteiger partial charge in [0.15, 0.2) is 0 Å². The molecular weight excluding hydrogens is 256 g/mol. The van der Waals surface area contributed by atoms with Crippen LogP contribution in [0, 0.1) is 6.92 Å². The highest BCUT2D eigenvalue weighted by atomic mass is 32.1. The number of ether oxygens (including phenoxy) is 1. The molecule has 0 atom stereocenters. The number of thiazole rings is 1. The van der Waals surface area contributed by atoms with Crippen molar-refractivity contribution >= 4 is 17.0 Å². The maximum atomic E-state index is 5.95. The number of aryl methyl sites for hydroxylation is 2. The Bertz CT molecular complexity index is 565. The first-order chi connectivity index (χ1) is 9.34. The summed E-state index contributed by atoms with van der Waals surface area (Å²) in [7, 11) is 0. The van der Waals surface area contributed by atoms with Crippen LogP contribution in [0.15, 0.2) is 23.7 Å². The molecule has 0 spiro atoms. The second-order valence-corrected chi connectivity index (χ2v) is 5.72. The first-order valence-electron chi connectivity index (χ1n) is 6.72. The third kappa shape index (κ3) is 2.73. The van der Waals surface area contributed by atoms with Crippen LogP contribution in [0.4, 0.5) is 5.69 Å². The Morgan fingerprint density at radius 3 is 3.21 bits per heavy atom. The highest BCUT2D eigenvalue weighted by molar-refractivity contribution is 7.09. The molecule has 0 radical (unpaired) electrons. The third-order valence-electron chi connectivity index (χ3n) is 3.47. The standard InChI is InChI=1S/C15H18N2OS/c1-11-14(19-10-17-11)7-9-18-13-6-2-4-12-5-3-8-16-15(12)13/h2,4,6,10,16H,3,5,7-9H2,1H3. The molecule has 1 N–H and O–H groups in total. The lowest BCUT2D eigenvalue weighted by atomic mass is 10.0. The van der Waals surface area contributed by atoms with E-state index in [2.05, 4.69) is 35.4 Å². The van der Waals surface area contributed by atoms with Crippen molar-refractivity contribution in [2.24, 2.45) is 0 Å². The van der Waals surface area contributed by atoms with E-state index in [1.807, 2.05) is 5.51 Å². The molecule has 0 saturated carbocycles. The van der Waals surface area contributed by atoms with Crippen molar-refractivity contribution in [3.05, 3.63) is 39.8 Å². The minimum atomic E-state index is 0.709. The zero-order valence-electron chi connectivity index (χ0n) is 11.1. The second kappa shape index (κ2) is 5.61. The fourth-order valence-corrected chi connectivity index (χ4v) is 3.18. The van der Waals surface area contributed by atoms with Gasteiger partial charge in [-0.3, -0.25) is 0 Å². The molecule has 4 heteroatoms. The van der Waals surface area contributed by atoms with Crippen LogP contribution in [0.25, 0.3) is 0 Å². The van der Waals surface area contributed by atoms with E-state index in [0.29, 0.717) is 6.61 Å². The van der Waals surface area contributed by atoms with Gasteiger partial charge in [0.25, 0.3) is 0 Å². The summed E-state index contributed by atoms with van der Waals surface area (Å²) in [5.41, 5.74) is 5.59. The molecule has 0 aliphatic carbocycles. The van der Waals surface area contributed by atoms with Crippen LogP contribution in [-0.2, 0) is 12.8 Å². The molecule has 100 valence electrons. The fraction of sp³-hybridized carbons (Fsp3) is 0.400. The minimum absolute atomic E-state index is 0.709. The molecule has 1 aromatic heterocycles. The van der Waals surface area contributed by atoms with Gasteiger partial charge in [0.1, 0.15) is 5.75 Å². The number of nitrogens with zero attached hydrogens (tertiary/aromatic N) is 1. The molecule has 3 rings (SSSR count). The fourth-order valence-electron chi connectivity index (χ4n) is 2.42. The second-order valence-electron chi connectivity index (χ2n) is 4.78. The number of benzene rings is 1. The van der Waals surface area contributed by atoms with Gasteiger partial charge >= 0.3 is 0 Å². The Kier molecular flexibility index (Phi) is 3.69. The van der Waals surface area contributed by atoms with E-state index in [0.717, 1.165) is 30.8 Å². The monoisotopic (exact) mass is 274 g/mol. The molecule has 1 aliphatic heterocycles. The quantitative estimate of drug-likeness (QED) is 0.927. The maximum Gasteiger partial charge on any atom is 0.142 e. The molecule has 0 amide bonds. The summed E-state index contributed by atoms with van der Waals surface area (Å²) in [5, 5.41) is 3.45. The molecule has 0 bridgehead atoms. The summed E-state index contributed by atoms with van der Waals surface area (Å²) in [6.07, 6.45) is 3.28. The highest BCUT2D eigenvalue weighted by Crippen LogP contribution is 2.32. The van der Waals surface area contributed by atoms with Crippen LogP contribution in [0.2, 0.25) is 0 Å².